The van der Waals surface area contributed by atoms with Gasteiger partial charge in [0.15, 0.2) is 5.78 Å². The van der Waals surface area contributed by atoms with Crippen molar-refractivity contribution in [1.82, 2.24) is 0 Å². The van der Waals surface area contributed by atoms with Crippen LogP contribution in [0.5, 0.6) is 0 Å². The fourth-order valence-corrected chi connectivity index (χ4v) is 6.94. The molecule has 39 heavy (non-hydrogen) atoms. The average molecular weight is 577 g/mol. The van der Waals surface area contributed by atoms with Crippen LogP contribution >= 0.6 is 7.60 Å². The van der Waals surface area contributed by atoms with Crippen molar-refractivity contribution < 1.29 is 27.9 Å². The summed E-state index contributed by atoms with van der Waals surface area (Å²) in [6.07, 6.45) is 28.9. The first-order valence-electron chi connectivity index (χ1n) is 16.2. The Morgan fingerprint density at radius 3 is 1.62 bits per heavy atom. The molecule has 0 bridgehead atoms. The topological polar surface area (TPSA) is 65.0 Å². The molecule has 0 aliphatic rings. The monoisotopic (exact) mass is 576 g/mol. The number of unbranched alkanes of at least 4 members (excludes halogenated alkanes) is 16. The number of allylic oxidation sites excluding steroid dienone is 2. The van der Waals surface area contributed by atoms with Gasteiger partial charge in [0.25, 0.3) is 0 Å². The highest BCUT2D eigenvalue weighted by atomic mass is 31.2. The van der Waals surface area contributed by atoms with Gasteiger partial charge in [-0.3, -0.25) is 4.57 Å². The first kappa shape index (κ1) is 38.8. The zero-order valence-corrected chi connectivity index (χ0v) is 27.7. The smallest absolute Gasteiger partial charge is 0.379 e. The Balaban J connectivity index is 3.56. The lowest BCUT2D eigenvalue weighted by Gasteiger charge is -2.35. The Kier molecular flexibility index (Phi) is 25.3. The maximum Gasteiger partial charge on any atom is 0.385 e. The van der Waals surface area contributed by atoms with Gasteiger partial charge in [-0.15, -0.1) is 0 Å². The molecule has 1 N–H and O–H groups in total. The molecule has 0 heterocycles. The van der Waals surface area contributed by atoms with Crippen LogP contribution in [0.3, 0.4) is 0 Å². The van der Waals surface area contributed by atoms with Crippen LogP contribution in [0, 0.1) is 0 Å². The lowest BCUT2D eigenvalue weighted by Crippen LogP contribution is -2.45. The van der Waals surface area contributed by atoms with Crippen molar-refractivity contribution in [3.8, 4) is 0 Å². The van der Waals surface area contributed by atoms with E-state index in [1.165, 1.54) is 109 Å². The van der Waals surface area contributed by atoms with Crippen LogP contribution < -0.4 is 0 Å². The quantitative estimate of drug-likeness (QED) is 0.0416. The summed E-state index contributed by atoms with van der Waals surface area (Å²) in [5, 5.41) is 0. The molecular weight excluding hydrogens is 509 g/mol. The number of ether oxygens (including phenoxy) is 2. The number of hydrogen-bond donors (Lipinski definition) is 1. The summed E-state index contributed by atoms with van der Waals surface area (Å²) in [7, 11) is 3.59. The fourth-order valence-electron chi connectivity index (χ4n) is 5.05. The molecule has 0 rings (SSSR count). The van der Waals surface area contributed by atoms with Crippen LogP contribution in [0.2, 0.25) is 0 Å². The minimum atomic E-state index is -3.74. The molecule has 0 aromatic heterocycles. The van der Waals surface area contributed by atoms with Gasteiger partial charge in [0.2, 0.25) is 0 Å². The molecule has 0 spiro atoms. The first-order valence-corrected chi connectivity index (χ1v) is 17.9. The Morgan fingerprint density at radius 1 is 0.718 bits per heavy atom. The second kappa shape index (κ2) is 25.5. The van der Waals surface area contributed by atoms with E-state index in [-0.39, 0.29) is 12.7 Å². The number of rotatable bonds is 29. The van der Waals surface area contributed by atoms with Gasteiger partial charge in [-0.1, -0.05) is 109 Å². The van der Waals surface area contributed by atoms with Gasteiger partial charge in [-0.2, -0.15) is 0 Å². The summed E-state index contributed by atoms with van der Waals surface area (Å²) in [6.45, 7) is 5.33. The summed E-state index contributed by atoms with van der Waals surface area (Å²) in [6, 6.07) is 0. The van der Waals surface area contributed by atoms with Crippen molar-refractivity contribution >= 4 is 7.60 Å². The van der Waals surface area contributed by atoms with Crippen LogP contribution in [0.1, 0.15) is 136 Å². The number of methoxy groups -OCH3 is 1. The van der Waals surface area contributed by atoms with Crippen LogP contribution in [-0.2, 0) is 18.6 Å². The third-order valence-electron chi connectivity index (χ3n) is 7.52. The average Bonchev–Trinajstić information content (AvgIpc) is 2.88. The summed E-state index contributed by atoms with van der Waals surface area (Å²) in [4.78, 5) is 10.4. The summed E-state index contributed by atoms with van der Waals surface area (Å²) in [5.41, 5.74) is 0. The SMILES string of the molecule is CCCCCCCC/C=C\CCCCCCCCCCCCOC[C@H](COP(=O)(O)C(CC)[N+](C)(C)C)OC. The maximum absolute atomic E-state index is 12.7. The third kappa shape index (κ3) is 23.1. The molecule has 0 aromatic rings. The van der Waals surface area contributed by atoms with E-state index in [2.05, 4.69) is 19.1 Å². The summed E-state index contributed by atoms with van der Waals surface area (Å²) >= 11 is 0. The van der Waals surface area contributed by atoms with Gasteiger partial charge in [0.05, 0.1) is 34.4 Å². The standard InChI is InChI=1S/C32H66NO5P/c1-7-9-10-11-12-13-14-15-16-17-18-19-20-21-22-23-24-25-26-27-28-37-29-31(36-6)30-38-39(34,35)32(8-2)33(3,4)5/h15-16,31-32H,7-14,17-30H2,1-6H3/p+1/b16-15-/t31-,32?/m1/s1. The second-order valence-electron chi connectivity index (χ2n) is 12.1. The third-order valence-corrected chi connectivity index (χ3v) is 9.85. The van der Waals surface area contributed by atoms with E-state index in [0.29, 0.717) is 24.1 Å². The van der Waals surface area contributed by atoms with Gasteiger partial charge < -0.3 is 23.4 Å². The lowest BCUT2D eigenvalue weighted by molar-refractivity contribution is -0.883. The molecule has 0 radical (unpaired) electrons. The molecule has 6 nitrogen and oxygen atoms in total. The maximum atomic E-state index is 12.7. The van der Waals surface area contributed by atoms with E-state index in [1.54, 1.807) is 7.11 Å². The molecule has 0 amide bonds. The predicted octanol–water partition coefficient (Wildman–Crippen LogP) is 9.26. The van der Waals surface area contributed by atoms with Crippen LogP contribution in [0.15, 0.2) is 12.2 Å². The normalized spacial score (nSPS) is 15.6. The van der Waals surface area contributed by atoms with E-state index in [9.17, 15) is 9.46 Å². The molecular formula is C32H67NO5P+. The van der Waals surface area contributed by atoms with Crippen molar-refractivity contribution in [3.05, 3.63) is 12.2 Å². The molecule has 0 aromatic carbocycles. The molecule has 0 aliphatic carbocycles. The van der Waals surface area contributed by atoms with Crippen molar-refractivity contribution in [3.63, 3.8) is 0 Å². The van der Waals surface area contributed by atoms with E-state index < -0.39 is 13.4 Å². The van der Waals surface area contributed by atoms with E-state index >= 15 is 0 Å². The highest BCUT2D eigenvalue weighted by molar-refractivity contribution is 7.53. The number of quaternary nitrogens is 1. The Labute approximate surface area is 243 Å². The Hall–Kier alpha value is -0.230. The highest BCUT2D eigenvalue weighted by Crippen LogP contribution is 2.51. The molecule has 0 fully saturated rings. The second-order valence-corrected chi connectivity index (χ2v) is 14.1. The van der Waals surface area contributed by atoms with Crippen LogP contribution in [0.4, 0.5) is 0 Å². The molecule has 234 valence electrons. The van der Waals surface area contributed by atoms with Crippen molar-refractivity contribution in [2.24, 2.45) is 0 Å². The van der Waals surface area contributed by atoms with Gasteiger partial charge in [-0.25, -0.2) is 0 Å². The largest absolute Gasteiger partial charge is 0.385 e. The van der Waals surface area contributed by atoms with Gasteiger partial charge >= 0.3 is 7.60 Å². The van der Waals surface area contributed by atoms with Crippen LogP contribution in [-0.4, -0.2) is 69.3 Å². The number of hydrogen-bond acceptors (Lipinski definition) is 4. The summed E-state index contributed by atoms with van der Waals surface area (Å²) < 4.78 is 29.7. The molecule has 7 heteroatoms. The lowest BCUT2D eigenvalue weighted by atomic mass is 10.1. The van der Waals surface area contributed by atoms with E-state index in [0.717, 1.165) is 6.42 Å². The fraction of sp³-hybridized carbons (Fsp3) is 0.938. The minimum Gasteiger partial charge on any atom is -0.379 e. The zero-order valence-electron chi connectivity index (χ0n) is 26.8. The molecule has 0 aliphatic heterocycles. The van der Waals surface area contributed by atoms with E-state index in [4.69, 9.17) is 14.0 Å². The first-order chi connectivity index (χ1) is 18.7. The molecule has 3 atom stereocenters. The van der Waals surface area contributed by atoms with Gasteiger partial charge in [0, 0.05) is 20.1 Å². The van der Waals surface area contributed by atoms with Crippen molar-refractivity contribution in [1.29, 1.82) is 0 Å². The minimum absolute atomic E-state index is 0.0662. The Bertz CT molecular complexity index is 608. The van der Waals surface area contributed by atoms with Crippen molar-refractivity contribution in [2.75, 3.05) is 48.1 Å². The summed E-state index contributed by atoms with van der Waals surface area (Å²) in [5.74, 6) is -0.456. The molecule has 0 saturated heterocycles. The van der Waals surface area contributed by atoms with E-state index in [1.807, 2.05) is 28.1 Å². The molecule has 2 unspecified atom stereocenters. The van der Waals surface area contributed by atoms with Crippen LogP contribution in [0.25, 0.3) is 0 Å². The zero-order chi connectivity index (χ0) is 29.2. The highest BCUT2D eigenvalue weighted by Gasteiger charge is 2.41. The van der Waals surface area contributed by atoms with Gasteiger partial charge in [-0.05, 0) is 32.1 Å². The van der Waals surface area contributed by atoms with Crippen molar-refractivity contribution in [2.45, 2.75) is 148 Å². The Morgan fingerprint density at radius 2 is 1.18 bits per heavy atom. The molecule has 0 saturated carbocycles. The predicted molar refractivity (Wildman–Crippen MR) is 167 cm³/mol. The number of nitrogens with zero attached hydrogens (tertiary/aromatic N) is 1. The van der Waals surface area contributed by atoms with Gasteiger partial charge in [0.1, 0.15) is 6.10 Å².